The van der Waals surface area contributed by atoms with Crippen LogP contribution in [0.1, 0.15) is 114 Å². The van der Waals surface area contributed by atoms with Crippen molar-refractivity contribution in [3.8, 4) is 0 Å². The number of hydrogen-bond acceptors (Lipinski definition) is 0. The van der Waals surface area contributed by atoms with E-state index in [1.54, 1.807) is 0 Å². The highest BCUT2D eigenvalue weighted by Crippen LogP contribution is 2.25. The molecule has 0 heterocycles. The predicted molar refractivity (Wildman–Crippen MR) is 175 cm³/mol. The Bertz CT molecular complexity index is 907. The second-order valence-electron chi connectivity index (χ2n) is 11.9. The molecule has 0 N–H and O–H groups in total. The summed E-state index contributed by atoms with van der Waals surface area (Å²) in [6.07, 6.45) is 24.3. The van der Waals surface area contributed by atoms with Gasteiger partial charge in [-0.15, -0.1) is 0 Å². The van der Waals surface area contributed by atoms with Gasteiger partial charge in [0.2, 0.25) is 0 Å². The molecule has 0 amide bonds. The molecule has 0 aromatic heterocycles. The highest BCUT2D eigenvalue weighted by Gasteiger charge is 2.28. The molecule has 3 aromatic rings. The van der Waals surface area contributed by atoms with E-state index in [9.17, 15) is 0 Å². The third kappa shape index (κ3) is 13.6. The van der Waals surface area contributed by atoms with E-state index in [1.807, 2.05) is 0 Å². The van der Waals surface area contributed by atoms with Crippen molar-refractivity contribution >= 4 is 0 Å². The summed E-state index contributed by atoms with van der Waals surface area (Å²) < 4.78 is 1.04. The van der Waals surface area contributed by atoms with Gasteiger partial charge in [-0.05, 0) is 12.8 Å². The number of rotatable bonds is 22. The fourth-order valence-corrected chi connectivity index (χ4v) is 6.00. The number of hydrogen-bond donors (Lipinski definition) is 0. The average molecular weight is 539 g/mol. The monoisotopic (exact) mass is 538 g/mol. The zero-order valence-corrected chi connectivity index (χ0v) is 25.5. The maximum Gasteiger partial charge on any atom is 0.105 e. The summed E-state index contributed by atoms with van der Waals surface area (Å²) in [6, 6.07) is 33.3. The van der Waals surface area contributed by atoms with E-state index in [2.05, 4.69) is 110 Å². The molecule has 0 radical (unpaired) electrons. The van der Waals surface area contributed by atoms with Gasteiger partial charge >= 0.3 is 0 Å². The fraction of sp³-hybridized carbons (Fsp3) is 0.487. The van der Waals surface area contributed by atoms with Crippen molar-refractivity contribution in [3.63, 3.8) is 0 Å². The molecule has 0 unspecified atom stereocenters. The smallest absolute Gasteiger partial charge is 0.105 e. The minimum Gasteiger partial charge on any atom is -0.312 e. The van der Waals surface area contributed by atoms with Crippen molar-refractivity contribution < 1.29 is 4.48 Å². The molecule has 0 aliphatic carbocycles. The van der Waals surface area contributed by atoms with E-state index in [-0.39, 0.29) is 0 Å². The van der Waals surface area contributed by atoms with Gasteiger partial charge in [0.1, 0.15) is 19.6 Å². The second kappa shape index (κ2) is 20.3. The molecule has 3 rings (SSSR count). The fourth-order valence-electron chi connectivity index (χ4n) is 6.00. The summed E-state index contributed by atoms with van der Waals surface area (Å²) in [5.74, 6) is 0. The Morgan fingerprint density at radius 3 is 1.18 bits per heavy atom. The Labute approximate surface area is 246 Å². The standard InChI is InChI=1S/C39H56N/c1-2-3-4-5-6-7-8-9-10-11-12-13-14-15-16-26-33-40(34-37-27-20-17-21-28-37,35-38-29-22-18-23-30-38)36-39-31-24-19-25-32-39/h15-25,27-32H,2-14,26,33-36H2,1H3/q+1/b16-15+. The van der Waals surface area contributed by atoms with E-state index in [1.165, 1.54) is 100 Å². The van der Waals surface area contributed by atoms with Crippen molar-refractivity contribution in [2.24, 2.45) is 0 Å². The van der Waals surface area contributed by atoms with E-state index >= 15 is 0 Å². The Kier molecular flexibility index (Phi) is 16.2. The van der Waals surface area contributed by atoms with Crippen LogP contribution < -0.4 is 0 Å². The minimum absolute atomic E-state index is 1.04. The molecule has 0 aliphatic rings. The van der Waals surface area contributed by atoms with Gasteiger partial charge in [0, 0.05) is 23.1 Å². The highest BCUT2D eigenvalue weighted by molar-refractivity contribution is 5.17. The first-order valence-electron chi connectivity index (χ1n) is 16.4. The Balaban J connectivity index is 1.46. The van der Waals surface area contributed by atoms with Crippen LogP contribution in [0.15, 0.2) is 103 Å². The highest BCUT2D eigenvalue weighted by atomic mass is 15.3. The number of allylic oxidation sites excluding steroid dienone is 1. The molecule has 1 heteroatoms. The van der Waals surface area contributed by atoms with Gasteiger partial charge in [-0.2, -0.15) is 0 Å². The lowest BCUT2D eigenvalue weighted by atomic mass is 10.0. The Morgan fingerprint density at radius 1 is 0.425 bits per heavy atom. The van der Waals surface area contributed by atoms with Crippen LogP contribution in [-0.4, -0.2) is 11.0 Å². The Morgan fingerprint density at radius 2 is 0.775 bits per heavy atom. The van der Waals surface area contributed by atoms with E-state index in [0.29, 0.717) is 0 Å². The van der Waals surface area contributed by atoms with Crippen molar-refractivity contribution in [2.75, 3.05) is 6.54 Å². The van der Waals surface area contributed by atoms with E-state index < -0.39 is 0 Å². The molecular weight excluding hydrogens is 482 g/mol. The third-order valence-corrected chi connectivity index (χ3v) is 8.24. The number of quaternary nitrogens is 1. The van der Waals surface area contributed by atoms with Gasteiger partial charge in [-0.3, -0.25) is 0 Å². The van der Waals surface area contributed by atoms with E-state index in [0.717, 1.165) is 37.1 Å². The maximum atomic E-state index is 2.46. The largest absolute Gasteiger partial charge is 0.312 e. The molecule has 0 spiro atoms. The van der Waals surface area contributed by atoms with Crippen LogP contribution >= 0.6 is 0 Å². The van der Waals surface area contributed by atoms with Gasteiger partial charge in [-0.1, -0.05) is 181 Å². The molecule has 0 aliphatic heterocycles. The zero-order chi connectivity index (χ0) is 28.0. The SMILES string of the molecule is CCCCCCCCCCCCCC/C=C/CC[N+](Cc1ccccc1)(Cc1ccccc1)Cc1ccccc1. The van der Waals surface area contributed by atoms with Crippen molar-refractivity contribution in [2.45, 2.75) is 116 Å². The van der Waals surface area contributed by atoms with Crippen LogP contribution in [0.2, 0.25) is 0 Å². The lowest BCUT2D eigenvalue weighted by molar-refractivity contribution is -0.965. The molecule has 3 aromatic carbocycles. The Hall–Kier alpha value is -2.64. The first kappa shape index (κ1) is 31.9. The normalized spacial score (nSPS) is 11.8. The van der Waals surface area contributed by atoms with Crippen molar-refractivity contribution in [1.82, 2.24) is 0 Å². The van der Waals surface area contributed by atoms with Crippen LogP contribution in [0.3, 0.4) is 0 Å². The molecule has 0 atom stereocenters. The lowest BCUT2D eigenvalue weighted by Gasteiger charge is -2.39. The van der Waals surface area contributed by atoms with Crippen LogP contribution in [0.5, 0.6) is 0 Å². The van der Waals surface area contributed by atoms with Gasteiger partial charge in [0.15, 0.2) is 0 Å². The quantitative estimate of drug-likeness (QED) is 0.0678. The number of nitrogens with zero attached hydrogens (tertiary/aromatic N) is 1. The molecule has 216 valence electrons. The summed E-state index contributed by atoms with van der Waals surface area (Å²) in [5, 5.41) is 0. The van der Waals surface area contributed by atoms with Crippen LogP contribution in [-0.2, 0) is 19.6 Å². The summed E-state index contributed by atoms with van der Waals surface area (Å²) >= 11 is 0. The summed E-state index contributed by atoms with van der Waals surface area (Å²) in [7, 11) is 0. The topological polar surface area (TPSA) is 0 Å². The first-order chi connectivity index (χ1) is 19.8. The molecule has 0 bridgehead atoms. The van der Waals surface area contributed by atoms with Gasteiger partial charge in [0.05, 0.1) is 6.54 Å². The van der Waals surface area contributed by atoms with Crippen molar-refractivity contribution in [3.05, 3.63) is 120 Å². The van der Waals surface area contributed by atoms with Crippen LogP contribution in [0.25, 0.3) is 0 Å². The number of benzene rings is 3. The lowest BCUT2D eigenvalue weighted by Crippen LogP contribution is -2.46. The van der Waals surface area contributed by atoms with Crippen LogP contribution in [0, 0.1) is 0 Å². The molecule has 0 saturated heterocycles. The van der Waals surface area contributed by atoms with Gasteiger partial charge in [-0.25, -0.2) is 0 Å². The van der Waals surface area contributed by atoms with Gasteiger partial charge in [0.25, 0.3) is 0 Å². The minimum atomic E-state index is 1.04. The third-order valence-electron chi connectivity index (χ3n) is 8.24. The molecule has 40 heavy (non-hydrogen) atoms. The predicted octanol–water partition coefficient (Wildman–Crippen LogP) is 11.4. The maximum absolute atomic E-state index is 2.46. The molecule has 0 fully saturated rings. The summed E-state index contributed by atoms with van der Waals surface area (Å²) in [4.78, 5) is 0. The number of unbranched alkanes of at least 4 members (excludes halogenated alkanes) is 12. The molecular formula is C39H56N+. The van der Waals surface area contributed by atoms with Crippen molar-refractivity contribution in [1.29, 1.82) is 0 Å². The summed E-state index contributed by atoms with van der Waals surface area (Å²) in [5.41, 5.74) is 4.28. The van der Waals surface area contributed by atoms with Gasteiger partial charge < -0.3 is 4.48 Å². The average Bonchev–Trinajstić information content (AvgIpc) is 2.98. The zero-order valence-electron chi connectivity index (χ0n) is 25.5. The molecule has 1 nitrogen and oxygen atoms in total. The summed E-state index contributed by atoms with van der Waals surface area (Å²) in [6.45, 7) is 6.60. The van der Waals surface area contributed by atoms with E-state index in [4.69, 9.17) is 0 Å². The first-order valence-corrected chi connectivity index (χ1v) is 16.4. The second-order valence-corrected chi connectivity index (χ2v) is 11.9. The van der Waals surface area contributed by atoms with Crippen LogP contribution in [0.4, 0.5) is 0 Å². The molecule has 0 saturated carbocycles.